The molecule has 2 N–H and O–H groups in total. The van der Waals surface area contributed by atoms with Crippen LogP contribution in [0, 0.1) is 0 Å². The fourth-order valence-electron chi connectivity index (χ4n) is 1.87. The number of pyridine rings is 1. The highest BCUT2D eigenvalue weighted by Crippen LogP contribution is 2.29. The van der Waals surface area contributed by atoms with Crippen molar-refractivity contribution in [1.82, 2.24) is 4.98 Å². The zero-order valence-electron chi connectivity index (χ0n) is 11.4. The van der Waals surface area contributed by atoms with Crippen molar-refractivity contribution in [2.75, 3.05) is 17.2 Å². The van der Waals surface area contributed by atoms with Gasteiger partial charge >= 0.3 is 0 Å². The molecule has 0 aliphatic carbocycles. The number of halogens is 2. The van der Waals surface area contributed by atoms with Crippen LogP contribution in [0.5, 0.6) is 0 Å². The van der Waals surface area contributed by atoms with Crippen molar-refractivity contribution in [2.24, 2.45) is 0 Å². The Morgan fingerprint density at radius 1 is 1.30 bits per heavy atom. The molecule has 2 rings (SSSR count). The zero-order chi connectivity index (χ0) is 14.5. The van der Waals surface area contributed by atoms with Crippen LogP contribution in [-0.2, 0) is 6.42 Å². The Hall–Kier alpha value is -0.970. The maximum Gasteiger partial charge on any atom is 0.147 e. The van der Waals surface area contributed by atoms with Crippen molar-refractivity contribution in [3.63, 3.8) is 0 Å². The summed E-state index contributed by atoms with van der Waals surface area (Å²) in [5.41, 5.74) is 0. The molecule has 2 aromatic heterocycles. The summed E-state index contributed by atoms with van der Waals surface area (Å²) in [6.45, 7) is 4.87. The van der Waals surface area contributed by atoms with Crippen LogP contribution >= 0.6 is 34.5 Å². The predicted molar refractivity (Wildman–Crippen MR) is 89.5 cm³/mol. The molecule has 2 heterocycles. The lowest BCUT2D eigenvalue weighted by atomic mass is 10.2. The van der Waals surface area contributed by atoms with Gasteiger partial charge in [-0.1, -0.05) is 29.3 Å². The number of anilines is 2. The number of hydrogen-bond donors (Lipinski definition) is 2. The molecule has 0 saturated carbocycles. The molecular formula is C14H17Cl2N3S. The monoisotopic (exact) mass is 329 g/mol. The molecule has 0 aliphatic rings. The van der Waals surface area contributed by atoms with Crippen molar-refractivity contribution >= 4 is 46.2 Å². The van der Waals surface area contributed by atoms with Crippen LogP contribution in [-0.4, -0.2) is 17.6 Å². The highest BCUT2D eigenvalue weighted by molar-refractivity contribution is 7.09. The van der Waals surface area contributed by atoms with Crippen LogP contribution in [0.4, 0.5) is 11.6 Å². The normalized spacial score (nSPS) is 12.2. The van der Waals surface area contributed by atoms with E-state index in [0.29, 0.717) is 21.7 Å². The second kappa shape index (κ2) is 7.16. The summed E-state index contributed by atoms with van der Waals surface area (Å²) >= 11 is 14.0. The molecule has 6 heteroatoms. The van der Waals surface area contributed by atoms with E-state index in [0.717, 1.165) is 13.0 Å². The maximum atomic E-state index is 6.19. The van der Waals surface area contributed by atoms with Crippen molar-refractivity contribution in [3.05, 3.63) is 38.5 Å². The minimum absolute atomic E-state index is 0.245. The minimum atomic E-state index is 0.245. The van der Waals surface area contributed by atoms with E-state index in [-0.39, 0.29) is 6.04 Å². The predicted octanol–water partition coefficient (Wildman–Crippen LogP) is 4.92. The first kappa shape index (κ1) is 15.4. The third-order valence-electron chi connectivity index (χ3n) is 2.74. The third kappa shape index (κ3) is 4.01. The van der Waals surface area contributed by atoms with E-state index < -0.39 is 0 Å². The van der Waals surface area contributed by atoms with Gasteiger partial charge in [-0.3, -0.25) is 0 Å². The summed E-state index contributed by atoms with van der Waals surface area (Å²) < 4.78 is 0. The van der Waals surface area contributed by atoms with E-state index in [4.69, 9.17) is 23.2 Å². The van der Waals surface area contributed by atoms with E-state index in [1.165, 1.54) is 4.88 Å². The Morgan fingerprint density at radius 3 is 2.70 bits per heavy atom. The van der Waals surface area contributed by atoms with Gasteiger partial charge in [0.05, 0.1) is 10.0 Å². The molecule has 1 unspecified atom stereocenters. The number of aromatic nitrogens is 1. The average molecular weight is 330 g/mol. The molecule has 1 atom stereocenters. The standard InChI is InChI=1S/C14H17Cl2N3S/c1-3-17-13-11(15)8-12(16)14(19-13)18-9(2)7-10-5-4-6-20-10/h4-6,8-9H,3,7H2,1-2H3,(H2,17,18,19). The maximum absolute atomic E-state index is 6.19. The molecule has 2 aromatic rings. The van der Waals surface area contributed by atoms with Crippen LogP contribution < -0.4 is 10.6 Å². The van der Waals surface area contributed by atoms with Gasteiger partial charge in [-0.2, -0.15) is 0 Å². The first-order valence-electron chi connectivity index (χ1n) is 6.49. The van der Waals surface area contributed by atoms with Gasteiger partial charge in [0.2, 0.25) is 0 Å². The van der Waals surface area contributed by atoms with Gasteiger partial charge in [0.25, 0.3) is 0 Å². The lowest BCUT2D eigenvalue weighted by Gasteiger charge is -2.16. The molecule has 0 bridgehead atoms. The molecule has 0 saturated heterocycles. The summed E-state index contributed by atoms with van der Waals surface area (Å²) in [5, 5.41) is 9.62. The highest BCUT2D eigenvalue weighted by atomic mass is 35.5. The van der Waals surface area contributed by atoms with Gasteiger partial charge in [0, 0.05) is 23.9 Å². The molecule has 0 amide bonds. The number of hydrogen-bond acceptors (Lipinski definition) is 4. The zero-order valence-corrected chi connectivity index (χ0v) is 13.7. The van der Waals surface area contributed by atoms with E-state index in [9.17, 15) is 0 Å². The third-order valence-corrected chi connectivity index (χ3v) is 4.22. The summed E-state index contributed by atoms with van der Waals surface area (Å²) in [6, 6.07) is 6.15. The number of nitrogens with zero attached hydrogens (tertiary/aromatic N) is 1. The molecule has 20 heavy (non-hydrogen) atoms. The number of nitrogens with one attached hydrogen (secondary N) is 2. The van der Waals surface area contributed by atoms with Gasteiger partial charge < -0.3 is 10.6 Å². The van der Waals surface area contributed by atoms with E-state index >= 15 is 0 Å². The van der Waals surface area contributed by atoms with Gasteiger partial charge in [-0.05, 0) is 31.4 Å². The van der Waals surface area contributed by atoms with Crippen LogP contribution in [0.3, 0.4) is 0 Å². The second-order valence-electron chi connectivity index (χ2n) is 4.51. The summed E-state index contributed by atoms with van der Waals surface area (Å²) in [7, 11) is 0. The van der Waals surface area contributed by atoms with Gasteiger partial charge in [-0.25, -0.2) is 4.98 Å². The Balaban J connectivity index is 2.09. The molecule has 0 aromatic carbocycles. The minimum Gasteiger partial charge on any atom is -0.369 e. The fraction of sp³-hybridized carbons (Fsp3) is 0.357. The fourth-order valence-corrected chi connectivity index (χ4v) is 3.19. The molecular weight excluding hydrogens is 313 g/mol. The van der Waals surface area contributed by atoms with Crippen molar-refractivity contribution in [1.29, 1.82) is 0 Å². The second-order valence-corrected chi connectivity index (χ2v) is 6.36. The lowest BCUT2D eigenvalue weighted by molar-refractivity contribution is 0.795. The van der Waals surface area contributed by atoms with Gasteiger partial charge in [0.1, 0.15) is 11.6 Å². The lowest BCUT2D eigenvalue weighted by Crippen LogP contribution is -2.19. The van der Waals surface area contributed by atoms with E-state index in [1.54, 1.807) is 17.4 Å². The Kier molecular flexibility index (Phi) is 5.52. The van der Waals surface area contributed by atoms with Crippen LogP contribution in [0.15, 0.2) is 23.6 Å². The Labute approximate surface area is 133 Å². The largest absolute Gasteiger partial charge is 0.369 e. The van der Waals surface area contributed by atoms with Gasteiger partial charge in [-0.15, -0.1) is 11.3 Å². The smallest absolute Gasteiger partial charge is 0.147 e. The van der Waals surface area contributed by atoms with Crippen LogP contribution in [0.25, 0.3) is 0 Å². The van der Waals surface area contributed by atoms with Crippen molar-refractivity contribution in [2.45, 2.75) is 26.3 Å². The van der Waals surface area contributed by atoms with Gasteiger partial charge in [0.15, 0.2) is 0 Å². The van der Waals surface area contributed by atoms with Crippen LogP contribution in [0.1, 0.15) is 18.7 Å². The summed E-state index contributed by atoms with van der Waals surface area (Å²) in [6.07, 6.45) is 0.939. The highest BCUT2D eigenvalue weighted by Gasteiger charge is 2.12. The summed E-state index contributed by atoms with van der Waals surface area (Å²) in [5.74, 6) is 1.32. The number of rotatable bonds is 6. The molecule has 3 nitrogen and oxygen atoms in total. The molecule has 0 aliphatic heterocycles. The molecule has 0 radical (unpaired) electrons. The van der Waals surface area contributed by atoms with Crippen molar-refractivity contribution < 1.29 is 0 Å². The van der Waals surface area contributed by atoms with Crippen LogP contribution in [0.2, 0.25) is 10.0 Å². The van der Waals surface area contributed by atoms with E-state index in [2.05, 4.69) is 40.1 Å². The Bertz CT molecular complexity index is 558. The van der Waals surface area contributed by atoms with Crippen molar-refractivity contribution in [3.8, 4) is 0 Å². The first-order valence-corrected chi connectivity index (χ1v) is 8.12. The molecule has 0 spiro atoms. The Morgan fingerprint density at radius 2 is 2.05 bits per heavy atom. The average Bonchev–Trinajstić information content (AvgIpc) is 2.88. The first-order chi connectivity index (χ1) is 9.60. The quantitative estimate of drug-likeness (QED) is 0.789. The molecule has 0 fully saturated rings. The van der Waals surface area contributed by atoms with E-state index in [1.807, 2.05) is 6.92 Å². The summed E-state index contributed by atoms with van der Waals surface area (Å²) in [4.78, 5) is 5.78. The topological polar surface area (TPSA) is 37.0 Å². The number of thiophene rings is 1. The SMILES string of the molecule is CCNc1nc(NC(C)Cc2cccs2)c(Cl)cc1Cl. The molecule has 108 valence electrons.